The summed E-state index contributed by atoms with van der Waals surface area (Å²) in [4.78, 5) is 8.11. The lowest BCUT2D eigenvalue weighted by atomic mass is 9.99. The molecule has 1 saturated heterocycles. The van der Waals surface area contributed by atoms with Crippen LogP contribution in [-0.2, 0) is 0 Å². The van der Waals surface area contributed by atoms with E-state index in [0.29, 0.717) is 5.92 Å². The highest BCUT2D eigenvalue weighted by Gasteiger charge is 2.18. The van der Waals surface area contributed by atoms with E-state index in [9.17, 15) is 0 Å². The fraction of sp³-hybridized carbons (Fsp3) is 0.278. The number of benzene rings is 2. The molecule has 2 N–H and O–H groups in total. The van der Waals surface area contributed by atoms with Gasteiger partial charge in [-0.25, -0.2) is 4.98 Å². The topological polar surface area (TPSA) is 40.7 Å². The van der Waals surface area contributed by atoms with E-state index >= 15 is 0 Å². The van der Waals surface area contributed by atoms with Gasteiger partial charge in [0, 0.05) is 18.0 Å². The summed E-state index contributed by atoms with van der Waals surface area (Å²) in [6.45, 7) is 2.17. The molecule has 1 aliphatic heterocycles. The lowest BCUT2D eigenvalue weighted by Gasteiger charge is -2.20. The van der Waals surface area contributed by atoms with Crippen molar-refractivity contribution in [2.75, 3.05) is 13.1 Å². The summed E-state index contributed by atoms with van der Waals surface area (Å²) in [6.07, 6.45) is 4.42. The van der Waals surface area contributed by atoms with Crippen LogP contribution in [0.25, 0.3) is 22.0 Å². The average Bonchev–Trinajstić information content (AvgIpc) is 3.05. The van der Waals surface area contributed by atoms with E-state index in [0.717, 1.165) is 24.6 Å². The van der Waals surface area contributed by atoms with Gasteiger partial charge in [0.05, 0.1) is 11.9 Å². The molecular formula is C18H19N3. The number of hydrogen-bond acceptors (Lipinski definition) is 2. The summed E-state index contributed by atoms with van der Waals surface area (Å²) < 4.78 is 0. The zero-order valence-corrected chi connectivity index (χ0v) is 12.0. The number of H-pyrrole nitrogens is 1. The highest BCUT2D eigenvalue weighted by molar-refractivity contribution is 5.86. The summed E-state index contributed by atoms with van der Waals surface area (Å²) in [5.41, 5.74) is 2.32. The van der Waals surface area contributed by atoms with Gasteiger partial charge in [-0.3, -0.25) is 0 Å². The van der Waals surface area contributed by atoms with Gasteiger partial charge >= 0.3 is 0 Å². The molecule has 21 heavy (non-hydrogen) atoms. The quantitative estimate of drug-likeness (QED) is 0.750. The highest BCUT2D eigenvalue weighted by Crippen LogP contribution is 2.26. The Morgan fingerprint density at radius 3 is 2.81 bits per heavy atom. The van der Waals surface area contributed by atoms with Crippen molar-refractivity contribution in [2.24, 2.45) is 0 Å². The molecule has 0 radical (unpaired) electrons. The highest BCUT2D eigenvalue weighted by atomic mass is 15.0. The fourth-order valence-corrected chi connectivity index (χ4v) is 3.13. The molecule has 106 valence electrons. The minimum Gasteiger partial charge on any atom is -0.342 e. The van der Waals surface area contributed by atoms with E-state index in [-0.39, 0.29) is 0 Å². The van der Waals surface area contributed by atoms with Crippen LogP contribution in [0.1, 0.15) is 24.6 Å². The Balaban J connectivity index is 1.67. The summed E-state index contributed by atoms with van der Waals surface area (Å²) in [7, 11) is 0. The zero-order valence-electron chi connectivity index (χ0n) is 12.0. The number of hydrogen-bond donors (Lipinski definition) is 2. The Bertz CT molecular complexity index is 754. The molecule has 0 aliphatic carbocycles. The van der Waals surface area contributed by atoms with Crippen molar-refractivity contribution in [3.8, 4) is 11.3 Å². The van der Waals surface area contributed by atoms with Crippen molar-refractivity contribution in [2.45, 2.75) is 18.8 Å². The molecular weight excluding hydrogens is 258 g/mol. The predicted octanol–water partition coefficient (Wildman–Crippen LogP) is 3.70. The predicted molar refractivity (Wildman–Crippen MR) is 86.4 cm³/mol. The third kappa shape index (κ3) is 2.45. The van der Waals surface area contributed by atoms with Crippen LogP contribution < -0.4 is 5.32 Å². The molecule has 0 spiro atoms. The van der Waals surface area contributed by atoms with Crippen molar-refractivity contribution in [1.29, 1.82) is 0 Å². The van der Waals surface area contributed by atoms with Gasteiger partial charge in [-0.05, 0) is 36.2 Å². The van der Waals surface area contributed by atoms with E-state index in [1.807, 2.05) is 6.20 Å². The minimum atomic E-state index is 0.521. The van der Waals surface area contributed by atoms with Crippen molar-refractivity contribution in [3.63, 3.8) is 0 Å². The standard InChI is InChI=1S/C18H19N3/c1-2-5-14-10-15(8-7-13(14)4-1)17-12-20-18(21-17)16-6-3-9-19-11-16/h1-2,4-5,7-8,10,12,16,19H,3,6,9,11H2,(H,20,21). The molecule has 0 saturated carbocycles. The number of nitrogens with one attached hydrogen (secondary N) is 2. The number of imidazole rings is 1. The van der Waals surface area contributed by atoms with Crippen LogP contribution in [0.4, 0.5) is 0 Å². The second-order valence-electron chi connectivity index (χ2n) is 5.79. The molecule has 1 aliphatic rings. The molecule has 0 amide bonds. The average molecular weight is 277 g/mol. The summed E-state index contributed by atoms with van der Waals surface area (Å²) in [5.74, 6) is 1.64. The van der Waals surface area contributed by atoms with Gasteiger partial charge in [0.25, 0.3) is 0 Å². The number of aromatic amines is 1. The number of fused-ring (bicyclic) bond motifs is 1. The lowest BCUT2D eigenvalue weighted by Crippen LogP contribution is -2.28. The van der Waals surface area contributed by atoms with Gasteiger partial charge in [0.2, 0.25) is 0 Å². The van der Waals surface area contributed by atoms with Crippen LogP contribution in [0, 0.1) is 0 Å². The number of piperidine rings is 1. The number of rotatable bonds is 2. The molecule has 0 bridgehead atoms. The largest absolute Gasteiger partial charge is 0.342 e. The second kappa shape index (κ2) is 5.34. The van der Waals surface area contributed by atoms with Crippen molar-refractivity contribution in [1.82, 2.24) is 15.3 Å². The first-order chi connectivity index (χ1) is 10.4. The van der Waals surface area contributed by atoms with Gasteiger partial charge in [-0.1, -0.05) is 36.4 Å². The molecule has 3 aromatic rings. The van der Waals surface area contributed by atoms with Gasteiger partial charge < -0.3 is 10.3 Å². The van der Waals surface area contributed by atoms with Crippen molar-refractivity contribution in [3.05, 3.63) is 54.5 Å². The van der Waals surface area contributed by atoms with Crippen LogP contribution in [0.2, 0.25) is 0 Å². The number of nitrogens with zero attached hydrogens (tertiary/aromatic N) is 1. The maximum absolute atomic E-state index is 4.60. The monoisotopic (exact) mass is 277 g/mol. The van der Waals surface area contributed by atoms with E-state index in [1.165, 1.54) is 29.2 Å². The SMILES string of the molecule is c1ccc2cc(-c3cnc(C4CCCNC4)[nH]3)ccc2c1. The van der Waals surface area contributed by atoms with Crippen LogP contribution in [-0.4, -0.2) is 23.1 Å². The van der Waals surface area contributed by atoms with E-state index in [2.05, 4.69) is 57.7 Å². The van der Waals surface area contributed by atoms with Gasteiger partial charge in [0.15, 0.2) is 0 Å². The van der Waals surface area contributed by atoms with E-state index in [4.69, 9.17) is 0 Å². The lowest BCUT2D eigenvalue weighted by molar-refractivity contribution is 0.449. The van der Waals surface area contributed by atoms with Crippen LogP contribution in [0.5, 0.6) is 0 Å². The summed E-state index contributed by atoms with van der Waals surface area (Å²) in [5, 5.41) is 5.99. The minimum absolute atomic E-state index is 0.521. The zero-order chi connectivity index (χ0) is 14.1. The molecule has 4 rings (SSSR count). The molecule has 1 unspecified atom stereocenters. The first-order valence-electron chi connectivity index (χ1n) is 7.65. The second-order valence-corrected chi connectivity index (χ2v) is 5.79. The van der Waals surface area contributed by atoms with Crippen molar-refractivity contribution >= 4 is 10.8 Å². The molecule has 2 heterocycles. The first-order valence-corrected chi connectivity index (χ1v) is 7.65. The molecule has 1 atom stereocenters. The normalized spacial score (nSPS) is 19.0. The van der Waals surface area contributed by atoms with E-state index in [1.54, 1.807) is 0 Å². The van der Waals surface area contributed by atoms with Gasteiger partial charge in [0.1, 0.15) is 5.82 Å². The third-order valence-electron chi connectivity index (χ3n) is 4.34. The van der Waals surface area contributed by atoms with Crippen LogP contribution in [0.15, 0.2) is 48.7 Å². The maximum atomic E-state index is 4.60. The van der Waals surface area contributed by atoms with Gasteiger partial charge in [-0.2, -0.15) is 0 Å². The van der Waals surface area contributed by atoms with Crippen LogP contribution in [0.3, 0.4) is 0 Å². The molecule has 1 aromatic heterocycles. The van der Waals surface area contributed by atoms with Gasteiger partial charge in [-0.15, -0.1) is 0 Å². The van der Waals surface area contributed by atoms with E-state index < -0.39 is 0 Å². The third-order valence-corrected chi connectivity index (χ3v) is 4.34. The molecule has 1 fully saturated rings. The Morgan fingerprint density at radius 1 is 1.05 bits per heavy atom. The number of aromatic nitrogens is 2. The Labute approximate surface area is 124 Å². The van der Waals surface area contributed by atoms with Crippen LogP contribution >= 0.6 is 0 Å². The molecule has 3 nitrogen and oxygen atoms in total. The van der Waals surface area contributed by atoms with Crippen molar-refractivity contribution < 1.29 is 0 Å². The maximum Gasteiger partial charge on any atom is 0.110 e. The Hall–Kier alpha value is -2.13. The molecule has 3 heteroatoms. The fourth-order valence-electron chi connectivity index (χ4n) is 3.13. The Kier molecular flexibility index (Phi) is 3.20. The molecule has 2 aromatic carbocycles. The summed E-state index contributed by atoms with van der Waals surface area (Å²) in [6, 6.07) is 15.0. The Morgan fingerprint density at radius 2 is 1.95 bits per heavy atom. The summed E-state index contributed by atoms with van der Waals surface area (Å²) >= 11 is 0. The first kappa shape index (κ1) is 12.6. The smallest absolute Gasteiger partial charge is 0.110 e.